The summed E-state index contributed by atoms with van der Waals surface area (Å²) in [7, 11) is 0. The fraction of sp³-hybridized carbons (Fsp3) is 0.391. The molecule has 2 aromatic rings. The molecule has 7 heteroatoms. The first-order chi connectivity index (χ1) is 14.2. The topological polar surface area (TPSA) is 94.1 Å². The SMILES string of the molecule is CCOC(=O)[C@@H](O)[C@@H](NC(=O)OC(C)(C)C)c1ccc(OCc2ccccc2)cc1. The van der Waals surface area contributed by atoms with Crippen LogP contribution < -0.4 is 10.1 Å². The number of alkyl carbamates (subject to hydrolysis) is 1. The first-order valence-electron chi connectivity index (χ1n) is 9.80. The Kier molecular flexibility index (Phi) is 8.24. The van der Waals surface area contributed by atoms with Gasteiger partial charge in [0, 0.05) is 0 Å². The van der Waals surface area contributed by atoms with Crippen LogP contribution in [0.4, 0.5) is 4.79 Å². The molecule has 2 atom stereocenters. The summed E-state index contributed by atoms with van der Waals surface area (Å²) in [5.74, 6) is -0.216. The van der Waals surface area contributed by atoms with E-state index in [1.165, 1.54) is 0 Å². The van der Waals surface area contributed by atoms with Gasteiger partial charge >= 0.3 is 12.1 Å². The van der Waals surface area contributed by atoms with Crippen molar-refractivity contribution in [3.63, 3.8) is 0 Å². The molecule has 0 saturated carbocycles. The van der Waals surface area contributed by atoms with E-state index in [-0.39, 0.29) is 6.61 Å². The van der Waals surface area contributed by atoms with Crippen LogP contribution in [-0.2, 0) is 20.9 Å². The van der Waals surface area contributed by atoms with Crippen LogP contribution in [0, 0.1) is 0 Å². The maximum absolute atomic E-state index is 12.2. The average molecular weight is 415 g/mol. The van der Waals surface area contributed by atoms with Crippen molar-refractivity contribution in [2.75, 3.05) is 6.61 Å². The van der Waals surface area contributed by atoms with E-state index in [0.29, 0.717) is 17.9 Å². The number of hydrogen-bond acceptors (Lipinski definition) is 6. The van der Waals surface area contributed by atoms with Crippen molar-refractivity contribution in [1.29, 1.82) is 0 Å². The van der Waals surface area contributed by atoms with Gasteiger partial charge in [0.05, 0.1) is 12.6 Å². The van der Waals surface area contributed by atoms with E-state index >= 15 is 0 Å². The zero-order chi connectivity index (χ0) is 22.1. The van der Waals surface area contributed by atoms with Gasteiger partial charge in [0.1, 0.15) is 18.0 Å². The van der Waals surface area contributed by atoms with Crippen molar-refractivity contribution >= 4 is 12.1 Å². The highest BCUT2D eigenvalue weighted by atomic mass is 16.6. The molecule has 0 radical (unpaired) electrons. The Morgan fingerprint density at radius 3 is 2.23 bits per heavy atom. The molecule has 162 valence electrons. The lowest BCUT2D eigenvalue weighted by Crippen LogP contribution is -2.43. The Bertz CT molecular complexity index is 814. The normalized spacial score (nSPS) is 13.1. The Morgan fingerprint density at radius 2 is 1.67 bits per heavy atom. The van der Waals surface area contributed by atoms with E-state index in [9.17, 15) is 14.7 Å². The van der Waals surface area contributed by atoms with Gasteiger partial charge in [0.15, 0.2) is 6.10 Å². The lowest BCUT2D eigenvalue weighted by Gasteiger charge is -2.26. The van der Waals surface area contributed by atoms with Crippen molar-refractivity contribution in [3.05, 3.63) is 65.7 Å². The number of benzene rings is 2. The zero-order valence-corrected chi connectivity index (χ0v) is 17.8. The summed E-state index contributed by atoms with van der Waals surface area (Å²) in [4.78, 5) is 24.3. The number of aliphatic hydroxyl groups excluding tert-OH is 1. The molecule has 0 aliphatic heterocycles. The van der Waals surface area contributed by atoms with Crippen LogP contribution in [0.3, 0.4) is 0 Å². The van der Waals surface area contributed by atoms with E-state index < -0.39 is 29.8 Å². The summed E-state index contributed by atoms with van der Waals surface area (Å²) in [6.07, 6.45) is -2.34. The van der Waals surface area contributed by atoms with Gasteiger partial charge in [-0.05, 0) is 51.0 Å². The van der Waals surface area contributed by atoms with Gasteiger partial charge in [0.2, 0.25) is 0 Å². The summed E-state index contributed by atoms with van der Waals surface area (Å²) >= 11 is 0. The molecular weight excluding hydrogens is 386 g/mol. The van der Waals surface area contributed by atoms with E-state index in [1.54, 1.807) is 52.0 Å². The quantitative estimate of drug-likeness (QED) is 0.638. The van der Waals surface area contributed by atoms with E-state index in [2.05, 4.69) is 5.32 Å². The van der Waals surface area contributed by atoms with Crippen molar-refractivity contribution in [1.82, 2.24) is 5.32 Å². The number of esters is 1. The number of hydrogen-bond donors (Lipinski definition) is 2. The molecule has 1 amide bonds. The molecular formula is C23H29NO6. The fourth-order valence-electron chi connectivity index (χ4n) is 2.66. The number of amides is 1. The predicted octanol–water partition coefficient (Wildman–Crippen LogP) is 3.76. The minimum atomic E-state index is -1.59. The molecule has 7 nitrogen and oxygen atoms in total. The Morgan fingerprint density at radius 1 is 1.03 bits per heavy atom. The molecule has 0 heterocycles. The number of rotatable bonds is 8. The van der Waals surface area contributed by atoms with Gasteiger partial charge in [0.25, 0.3) is 0 Å². The molecule has 2 aromatic carbocycles. The summed E-state index contributed by atoms with van der Waals surface area (Å²) in [5, 5.41) is 13.0. The number of ether oxygens (including phenoxy) is 3. The Hall–Kier alpha value is -3.06. The third-order valence-electron chi connectivity index (χ3n) is 4.00. The second kappa shape index (κ2) is 10.6. The molecule has 0 aliphatic carbocycles. The van der Waals surface area contributed by atoms with Gasteiger partial charge < -0.3 is 24.6 Å². The second-order valence-corrected chi connectivity index (χ2v) is 7.66. The van der Waals surface area contributed by atoms with Crippen LogP contribution in [0.1, 0.15) is 44.9 Å². The van der Waals surface area contributed by atoms with Crippen molar-refractivity contribution in [2.24, 2.45) is 0 Å². The van der Waals surface area contributed by atoms with Gasteiger partial charge in [-0.25, -0.2) is 9.59 Å². The lowest BCUT2D eigenvalue weighted by molar-refractivity contribution is -0.154. The monoisotopic (exact) mass is 415 g/mol. The van der Waals surface area contributed by atoms with E-state index in [0.717, 1.165) is 5.56 Å². The largest absolute Gasteiger partial charge is 0.489 e. The number of carbonyl (C=O) groups excluding carboxylic acids is 2. The first kappa shape index (κ1) is 23.2. The molecule has 30 heavy (non-hydrogen) atoms. The van der Waals surface area contributed by atoms with Crippen LogP contribution in [-0.4, -0.2) is 35.5 Å². The third kappa shape index (κ3) is 7.40. The maximum atomic E-state index is 12.2. The molecule has 0 aliphatic rings. The van der Waals surface area contributed by atoms with E-state index in [1.807, 2.05) is 30.3 Å². The van der Waals surface area contributed by atoms with Gasteiger partial charge in [-0.1, -0.05) is 42.5 Å². The van der Waals surface area contributed by atoms with Crippen LogP contribution in [0.15, 0.2) is 54.6 Å². The van der Waals surface area contributed by atoms with Crippen molar-refractivity contribution < 1.29 is 28.9 Å². The fourth-order valence-corrected chi connectivity index (χ4v) is 2.66. The highest BCUT2D eigenvalue weighted by molar-refractivity contribution is 5.77. The van der Waals surface area contributed by atoms with Crippen LogP contribution in [0.25, 0.3) is 0 Å². The van der Waals surface area contributed by atoms with Gasteiger partial charge in [-0.2, -0.15) is 0 Å². The molecule has 0 saturated heterocycles. The summed E-state index contributed by atoms with van der Waals surface area (Å²) in [5.41, 5.74) is 0.816. The third-order valence-corrected chi connectivity index (χ3v) is 4.00. The Labute approximate surface area is 177 Å². The molecule has 0 fully saturated rings. The number of nitrogens with one attached hydrogen (secondary N) is 1. The number of carbonyl (C=O) groups is 2. The minimum Gasteiger partial charge on any atom is -0.489 e. The minimum absolute atomic E-state index is 0.112. The smallest absolute Gasteiger partial charge is 0.408 e. The molecule has 0 spiro atoms. The molecule has 0 bridgehead atoms. The molecule has 2 N–H and O–H groups in total. The zero-order valence-electron chi connectivity index (χ0n) is 17.8. The Balaban J connectivity index is 2.13. The standard InChI is InChI=1S/C23H29NO6/c1-5-28-21(26)20(25)19(24-22(27)30-23(2,3)4)17-11-13-18(14-12-17)29-15-16-9-7-6-8-10-16/h6-14,19-20,25H,5,15H2,1-4H3,(H,24,27)/t19-,20-/m0/s1. The predicted molar refractivity (Wildman–Crippen MR) is 112 cm³/mol. The molecule has 0 aromatic heterocycles. The van der Waals surface area contributed by atoms with Crippen molar-refractivity contribution in [3.8, 4) is 5.75 Å². The van der Waals surface area contributed by atoms with Gasteiger partial charge in [-0.15, -0.1) is 0 Å². The summed E-state index contributed by atoms with van der Waals surface area (Å²) in [6.45, 7) is 7.33. The highest BCUT2D eigenvalue weighted by Gasteiger charge is 2.31. The van der Waals surface area contributed by atoms with E-state index in [4.69, 9.17) is 14.2 Å². The summed E-state index contributed by atoms with van der Waals surface area (Å²) < 4.78 is 15.9. The number of aliphatic hydroxyl groups is 1. The second-order valence-electron chi connectivity index (χ2n) is 7.66. The average Bonchev–Trinajstić information content (AvgIpc) is 2.70. The summed E-state index contributed by atoms with van der Waals surface area (Å²) in [6, 6.07) is 15.5. The maximum Gasteiger partial charge on any atom is 0.408 e. The molecule has 2 rings (SSSR count). The first-order valence-corrected chi connectivity index (χ1v) is 9.80. The van der Waals surface area contributed by atoms with Crippen molar-refractivity contribution in [2.45, 2.75) is 52.0 Å². The van der Waals surface area contributed by atoms with Gasteiger partial charge in [-0.3, -0.25) is 0 Å². The van der Waals surface area contributed by atoms with Crippen LogP contribution in [0.5, 0.6) is 5.75 Å². The van der Waals surface area contributed by atoms with Crippen LogP contribution >= 0.6 is 0 Å². The lowest BCUT2D eigenvalue weighted by atomic mass is 10.0. The molecule has 0 unspecified atom stereocenters. The van der Waals surface area contributed by atoms with Crippen LogP contribution in [0.2, 0.25) is 0 Å². The highest BCUT2D eigenvalue weighted by Crippen LogP contribution is 2.23.